The van der Waals surface area contributed by atoms with E-state index in [2.05, 4.69) is 69.3 Å². The van der Waals surface area contributed by atoms with Crippen molar-refractivity contribution in [2.24, 2.45) is 0 Å². The molecule has 1 N–H and O–H groups in total. The summed E-state index contributed by atoms with van der Waals surface area (Å²) < 4.78 is 18.9. The third-order valence-electron chi connectivity index (χ3n) is 6.20. The van der Waals surface area contributed by atoms with Crippen molar-refractivity contribution in [1.29, 1.82) is 0 Å². The molecular formula is C22H29BO4Si. The van der Waals surface area contributed by atoms with E-state index < -0.39 is 20.0 Å². The Morgan fingerprint density at radius 3 is 2.00 bits per heavy atom. The summed E-state index contributed by atoms with van der Waals surface area (Å²) >= 11 is 0. The summed E-state index contributed by atoms with van der Waals surface area (Å²) in [6.45, 7) is 7.45. The van der Waals surface area contributed by atoms with E-state index in [1.54, 1.807) is 0 Å². The van der Waals surface area contributed by atoms with Gasteiger partial charge < -0.3 is 19.0 Å². The first kappa shape index (κ1) is 19.9. The molecule has 0 aromatic heterocycles. The zero-order valence-electron chi connectivity index (χ0n) is 17.1. The van der Waals surface area contributed by atoms with Gasteiger partial charge in [0, 0.05) is 0 Å². The molecule has 2 saturated heterocycles. The number of hydrogen-bond acceptors (Lipinski definition) is 4. The highest BCUT2D eigenvalue weighted by Crippen LogP contribution is 2.42. The smallest absolute Gasteiger partial charge is 0.261 e. The molecule has 0 amide bonds. The number of hydrogen-bond donors (Lipinski definition) is 1. The Hall–Kier alpha value is -1.44. The lowest BCUT2D eigenvalue weighted by molar-refractivity contribution is -0.134. The van der Waals surface area contributed by atoms with Crippen LogP contribution in [0.15, 0.2) is 60.7 Å². The molecule has 2 aromatic rings. The fourth-order valence-electron chi connectivity index (χ4n) is 4.80. The number of aliphatic hydroxyl groups is 1. The minimum absolute atomic E-state index is 0.111. The van der Waals surface area contributed by atoms with Crippen molar-refractivity contribution in [3.05, 3.63) is 60.7 Å². The fourth-order valence-corrected chi connectivity index (χ4v) is 9.42. The van der Waals surface area contributed by atoms with Crippen LogP contribution < -0.4 is 10.4 Å². The number of rotatable bonds is 5. The molecule has 2 heterocycles. The molecular weight excluding hydrogens is 367 g/mol. The van der Waals surface area contributed by atoms with Crippen LogP contribution >= 0.6 is 0 Å². The second kappa shape index (κ2) is 7.11. The van der Waals surface area contributed by atoms with Crippen molar-refractivity contribution in [2.75, 3.05) is 13.2 Å². The summed E-state index contributed by atoms with van der Waals surface area (Å²) in [6.07, 6.45) is -0.913. The molecule has 2 aliphatic rings. The second-order valence-corrected chi connectivity index (χ2v) is 13.4. The molecule has 4 atom stereocenters. The number of aliphatic hydroxyl groups excluding tert-OH is 1. The van der Waals surface area contributed by atoms with E-state index in [0.717, 1.165) is 0 Å². The maximum absolute atomic E-state index is 10.8. The Labute approximate surface area is 169 Å². The van der Waals surface area contributed by atoms with E-state index in [1.165, 1.54) is 10.4 Å². The highest BCUT2D eigenvalue weighted by Gasteiger charge is 2.61. The zero-order valence-corrected chi connectivity index (χ0v) is 18.1. The van der Waals surface area contributed by atoms with Gasteiger partial charge in [0.05, 0.1) is 19.2 Å². The largest absolute Gasteiger partial charge is 0.404 e. The van der Waals surface area contributed by atoms with E-state index in [9.17, 15) is 5.11 Å². The maximum atomic E-state index is 10.8. The number of fused-ring (bicyclic) bond motifs is 2. The van der Waals surface area contributed by atoms with Gasteiger partial charge in [0.25, 0.3) is 8.32 Å². The van der Waals surface area contributed by atoms with Gasteiger partial charge in [-0.15, -0.1) is 0 Å². The van der Waals surface area contributed by atoms with Crippen LogP contribution in [0.4, 0.5) is 0 Å². The molecule has 2 aromatic carbocycles. The van der Waals surface area contributed by atoms with Gasteiger partial charge in [-0.1, -0.05) is 81.4 Å². The minimum Gasteiger partial charge on any atom is -0.404 e. The van der Waals surface area contributed by atoms with E-state index >= 15 is 0 Å². The van der Waals surface area contributed by atoms with Crippen LogP contribution in [0, 0.1) is 0 Å². The molecule has 28 heavy (non-hydrogen) atoms. The maximum Gasteiger partial charge on any atom is 0.261 e. The van der Waals surface area contributed by atoms with Crippen LogP contribution in [-0.2, 0) is 13.9 Å². The topological polar surface area (TPSA) is 47.9 Å². The van der Waals surface area contributed by atoms with Gasteiger partial charge in [0.15, 0.2) is 0 Å². The Bertz CT molecular complexity index is 771. The van der Waals surface area contributed by atoms with Gasteiger partial charge in [-0.3, -0.25) is 0 Å². The predicted molar refractivity (Wildman–Crippen MR) is 115 cm³/mol. The molecule has 148 valence electrons. The SMILES string of the molecule is B[C@@H]1O[C@@]2(CO[Si](c3ccccc3)(c3ccccc3)C(C)(C)C)CO[C@@H]1[C@@H]2O. The van der Waals surface area contributed by atoms with Crippen molar-refractivity contribution in [3.8, 4) is 0 Å². The molecule has 2 bridgehead atoms. The minimum atomic E-state index is -2.66. The van der Waals surface area contributed by atoms with Crippen LogP contribution in [-0.4, -0.2) is 58.3 Å². The van der Waals surface area contributed by atoms with Crippen LogP contribution in [0.25, 0.3) is 0 Å². The quantitative estimate of drug-likeness (QED) is 0.768. The fraction of sp³-hybridized carbons (Fsp3) is 0.455. The third kappa shape index (κ3) is 2.99. The van der Waals surface area contributed by atoms with Gasteiger partial charge in [-0.2, -0.15) is 0 Å². The van der Waals surface area contributed by atoms with Crippen LogP contribution in [0.3, 0.4) is 0 Å². The Kier molecular flexibility index (Phi) is 5.05. The normalized spacial score (nSPS) is 29.9. The number of ether oxygens (including phenoxy) is 2. The summed E-state index contributed by atoms with van der Waals surface area (Å²) in [4.78, 5) is 0. The van der Waals surface area contributed by atoms with E-state index in [1.807, 2.05) is 20.0 Å². The average molecular weight is 396 g/mol. The first-order valence-electron chi connectivity index (χ1n) is 10.0. The monoisotopic (exact) mass is 396 g/mol. The standard InChI is InChI=1S/C22H29BO4Si/c1-21(2,3)28(16-10-6-4-7-11-16,17-12-8-5-9-13-17)26-15-22-14-25-18(19(22)24)20(23)27-22/h4-13,18-20,24H,14-15,23H2,1-3H3/t18-,19+,20-,22-/m1/s1. The van der Waals surface area contributed by atoms with Crippen LogP contribution in [0.1, 0.15) is 20.8 Å². The average Bonchev–Trinajstić information content (AvgIpc) is 3.11. The molecule has 4 rings (SSSR count). The Morgan fingerprint density at radius 1 is 1.07 bits per heavy atom. The van der Waals surface area contributed by atoms with Crippen LogP contribution in [0.2, 0.25) is 5.04 Å². The van der Waals surface area contributed by atoms with Gasteiger partial charge in [-0.05, 0) is 15.4 Å². The second-order valence-electron chi connectivity index (χ2n) is 9.06. The van der Waals surface area contributed by atoms with Gasteiger partial charge in [-0.25, -0.2) is 0 Å². The molecule has 0 radical (unpaired) electrons. The summed E-state index contributed by atoms with van der Waals surface area (Å²) in [7, 11) is -0.704. The van der Waals surface area contributed by atoms with Crippen molar-refractivity contribution >= 4 is 26.5 Å². The van der Waals surface area contributed by atoms with E-state index in [4.69, 9.17) is 13.9 Å². The predicted octanol–water partition coefficient (Wildman–Crippen LogP) is 1.05. The molecule has 0 unspecified atom stereocenters. The van der Waals surface area contributed by atoms with Crippen molar-refractivity contribution < 1.29 is 19.0 Å². The molecule has 0 saturated carbocycles. The molecule has 4 nitrogen and oxygen atoms in total. The first-order chi connectivity index (χ1) is 13.3. The highest BCUT2D eigenvalue weighted by molar-refractivity contribution is 6.99. The van der Waals surface area contributed by atoms with Crippen molar-refractivity contribution in [2.45, 2.75) is 49.6 Å². The number of benzene rings is 2. The van der Waals surface area contributed by atoms with Crippen LogP contribution in [0.5, 0.6) is 0 Å². The molecule has 2 fully saturated rings. The molecule has 0 aliphatic carbocycles. The van der Waals surface area contributed by atoms with Gasteiger partial charge in [0.1, 0.15) is 25.7 Å². The summed E-state index contributed by atoms with van der Waals surface area (Å²) in [6, 6.07) is 20.9. The summed E-state index contributed by atoms with van der Waals surface area (Å²) in [5, 5.41) is 13.1. The first-order valence-corrected chi connectivity index (χ1v) is 11.9. The van der Waals surface area contributed by atoms with E-state index in [0.29, 0.717) is 13.2 Å². The highest BCUT2D eigenvalue weighted by atomic mass is 28.4. The Balaban J connectivity index is 1.78. The Morgan fingerprint density at radius 2 is 1.61 bits per heavy atom. The lowest BCUT2D eigenvalue weighted by Gasteiger charge is -2.45. The molecule has 6 heteroatoms. The van der Waals surface area contributed by atoms with Crippen molar-refractivity contribution in [3.63, 3.8) is 0 Å². The van der Waals surface area contributed by atoms with Gasteiger partial charge >= 0.3 is 0 Å². The molecule has 2 aliphatic heterocycles. The summed E-state index contributed by atoms with van der Waals surface area (Å²) in [5.41, 5.74) is -0.781. The van der Waals surface area contributed by atoms with Crippen molar-refractivity contribution in [1.82, 2.24) is 0 Å². The van der Waals surface area contributed by atoms with E-state index in [-0.39, 0.29) is 17.1 Å². The summed E-state index contributed by atoms with van der Waals surface area (Å²) in [5.74, 6) is 0. The zero-order chi connectivity index (χ0) is 20.0. The third-order valence-corrected chi connectivity index (χ3v) is 11.2. The van der Waals surface area contributed by atoms with Gasteiger partial charge in [0.2, 0.25) is 0 Å². The lowest BCUT2D eigenvalue weighted by Crippen LogP contribution is -2.68. The molecule has 0 spiro atoms. The lowest BCUT2D eigenvalue weighted by atomic mass is 9.92.